The van der Waals surface area contributed by atoms with Crippen LogP contribution in [0.5, 0.6) is 0 Å². The van der Waals surface area contributed by atoms with E-state index >= 15 is 0 Å². The summed E-state index contributed by atoms with van der Waals surface area (Å²) >= 11 is 0. The maximum atomic E-state index is 12.0. The molecule has 0 aliphatic carbocycles. The van der Waals surface area contributed by atoms with Crippen LogP contribution < -0.4 is 5.32 Å². The van der Waals surface area contributed by atoms with Crippen molar-refractivity contribution in [1.82, 2.24) is 10.3 Å². The van der Waals surface area contributed by atoms with Gasteiger partial charge in [-0.15, -0.1) is 0 Å². The number of hydrogen-bond donors (Lipinski definition) is 2. The van der Waals surface area contributed by atoms with Gasteiger partial charge in [-0.05, 0) is 40.8 Å². The summed E-state index contributed by atoms with van der Waals surface area (Å²) in [6.45, 7) is 2.88. The van der Waals surface area contributed by atoms with Crippen molar-refractivity contribution in [2.24, 2.45) is 0 Å². The molecule has 1 aliphatic rings. The molecule has 0 fully saturated rings. The Bertz CT molecular complexity index is 893. The number of H-pyrrole nitrogens is 1. The molecule has 3 nitrogen and oxygen atoms in total. The molecule has 1 aromatic heterocycles. The number of rotatable bonds is 3. The Labute approximate surface area is 141 Å². The minimum absolute atomic E-state index is 0.0206. The molecule has 2 N–H and O–H groups in total. The fourth-order valence-electron chi connectivity index (χ4n) is 3.39. The van der Waals surface area contributed by atoms with Crippen molar-refractivity contribution in [1.29, 1.82) is 0 Å². The maximum Gasteiger partial charge on any atom is 0.253 e. The molecule has 0 saturated heterocycles. The molecular weight excluding hydrogens is 296 g/mol. The molecule has 3 aromatic rings. The summed E-state index contributed by atoms with van der Waals surface area (Å²) < 4.78 is 0. The third-order valence-electron chi connectivity index (χ3n) is 4.69. The fourth-order valence-corrected chi connectivity index (χ4v) is 3.39. The molecule has 24 heavy (non-hydrogen) atoms. The van der Waals surface area contributed by atoms with E-state index in [2.05, 4.69) is 59.7 Å². The summed E-state index contributed by atoms with van der Waals surface area (Å²) in [6.07, 6.45) is 1.85. The summed E-state index contributed by atoms with van der Waals surface area (Å²) in [5.74, 6) is 0.0206. The summed E-state index contributed by atoms with van der Waals surface area (Å²) in [5.41, 5.74) is 7.76. The average molecular weight is 316 g/mol. The zero-order valence-electron chi connectivity index (χ0n) is 13.7. The van der Waals surface area contributed by atoms with Gasteiger partial charge in [-0.25, -0.2) is 0 Å². The molecule has 0 spiro atoms. The van der Waals surface area contributed by atoms with E-state index in [1.807, 2.05) is 12.1 Å². The zero-order chi connectivity index (χ0) is 16.5. The SMILES string of the molecule is CCc1ccc(-c2cc3c([nH]2)CCNC3=O)cc1-c1ccccc1. The lowest BCUT2D eigenvalue weighted by Gasteiger charge is -2.11. The molecule has 0 unspecified atom stereocenters. The lowest BCUT2D eigenvalue weighted by atomic mass is 9.95. The van der Waals surface area contributed by atoms with Crippen LogP contribution in [0.1, 0.15) is 28.5 Å². The largest absolute Gasteiger partial charge is 0.358 e. The number of fused-ring (bicyclic) bond motifs is 1. The van der Waals surface area contributed by atoms with Crippen molar-refractivity contribution in [3.63, 3.8) is 0 Å². The summed E-state index contributed by atoms with van der Waals surface area (Å²) in [7, 11) is 0. The topological polar surface area (TPSA) is 44.9 Å². The number of benzene rings is 2. The van der Waals surface area contributed by atoms with Gasteiger partial charge in [-0.2, -0.15) is 0 Å². The number of aryl methyl sites for hydroxylation is 1. The fraction of sp³-hybridized carbons (Fsp3) is 0.190. The average Bonchev–Trinajstić information content (AvgIpc) is 3.08. The van der Waals surface area contributed by atoms with Crippen molar-refractivity contribution >= 4 is 5.91 Å². The summed E-state index contributed by atoms with van der Waals surface area (Å²) in [4.78, 5) is 15.4. The molecule has 0 bridgehead atoms. The van der Waals surface area contributed by atoms with Crippen LogP contribution >= 0.6 is 0 Å². The second kappa shape index (κ2) is 6.00. The number of carbonyl (C=O) groups is 1. The maximum absolute atomic E-state index is 12.0. The first-order valence-electron chi connectivity index (χ1n) is 8.45. The Balaban J connectivity index is 1.81. The van der Waals surface area contributed by atoms with Gasteiger partial charge in [0.25, 0.3) is 5.91 Å². The molecule has 1 amide bonds. The predicted molar refractivity (Wildman–Crippen MR) is 97.1 cm³/mol. The molecule has 4 rings (SSSR count). The minimum atomic E-state index is 0.0206. The number of amides is 1. The van der Waals surface area contributed by atoms with Crippen LogP contribution in [-0.4, -0.2) is 17.4 Å². The van der Waals surface area contributed by atoms with Gasteiger partial charge in [0.05, 0.1) is 5.56 Å². The van der Waals surface area contributed by atoms with Crippen LogP contribution in [0.4, 0.5) is 0 Å². The van der Waals surface area contributed by atoms with Gasteiger partial charge in [0.2, 0.25) is 0 Å². The Kier molecular flexibility index (Phi) is 3.69. The molecule has 2 aromatic carbocycles. The van der Waals surface area contributed by atoms with Gasteiger partial charge in [0.15, 0.2) is 0 Å². The number of hydrogen-bond acceptors (Lipinski definition) is 1. The lowest BCUT2D eigenvalue weighted by Crippen LogP contribution is -2.31. The molecule has 120 valence electrons. The highest BCUT2D eigenvalue weighted by molar-refractivity contribution is 5.97. The highest BCUT2D eigenvalue weighted by Crippen LogP contribution is 2.31. The van der Waals surface area contributed by atoms with Gasteiger partial charge in [-0.1, -0.05) is 49.4 Å². The van der Waals surface area contributed by atoms with Crippen molar-refractivity contribution < 1.29 is 4.79 Å². The summed E-state index contributed by atoms with van der Waals surface area (Å²) in [5, 5.41) is 2.90. The molecule has 1 aliphatic heterocycles. The van der Waals surface area contributed by atoms with E-state index in [1.165, 1.54) is 16.7 Å². The standard InChI is InChI=1S/C21H20N2O/c1-2-14-8-9-16(12-17(14)15-6-4-3-5-7-15)20-13-18-19(23-20)10-11-22-21(18)24/h3-9,12-13,23H,2,10-11H2,1H3,(H,22,24). The van der Waals surface area contributed by atoms with Crippen LogP contribution in [0.3, 0.4) is 0 Å². The molecule has 0 saturated carbocycles. The van der Waals surface area contributed by atoms with Crippen LogP contribution in [0.2, 0.25) is 0 Å². The normalized spacial score (nSPS) is 13.5. The first kappa shape index (κ1) is 14.8. The van der Waals surface area contributed by atoms with Crippen LogP contribution in [-0.2, 0) is 12.8 Å². The molecule has 0 radical (unpaired) electrons. The van der Waals surface area contributed by atoms with E-state index in [-0.39, 0.29) is 5.91 Å². The number of nitrogens with one attached hydrogen (secondary N) is 2. The van der Waals surface area contributed by atoms with E-state index in [9.17, 15) is 4.79 Å². The Hall–Kier alpha value is -2.81. The van der Waals surface area contributed by atoms with Crippen LogP contribution in [0, 0.1) is 0 Å². The Morgan fingerprint density at radius 1 is 0.958 bits per heavy atom. The van der Waals surface area contributed by atoms with Gasteiger partial charge < -0.3 is 10.3 Å². The molecular formula is C21H20N2O. The smallest absolute Gasteiger partial charge is 0.253 e. The van der Waals surface area contributed by atoms with Crippen molar-refractivity contribution in [3.05, 3.63) is 71.4 Å². The number of aromatic amines is 1. The van der Waals surface area contributed by atoms with Crippen molar-refractivity contribution in [2.75, 3.05) is 6.54 Å². The molecule has 2 heterocycles. The monoisotopic (exact) mass is 316 g/mol. The minimum Gasteiger partial charge on any atom is -0.358 e. The quantitative estimate of drug-likeness (QED) is 0.747. The van der Waals surface area contributed by atoms with Crippen LogP contribution in [0.25, 0.3) is 22.4 Å². The molecule has 0 atom stereocenters. The van der Waals surface area contributed by atoms with Gasteiger partial charge in [0.1, 0.15) is 0 Å². The van der Waals surface area contributed by atoms with E-state index < -0.39 is 0 Å². The first-order chi connectivity index (χ1) is 11.8. The second-order valence-corrected chi connectivity index (χ2v) is 6.17. The third-order valence-corrected chi connectivity index (χ3v) is 4.69. The Morgan fingerprint density at radius 2 is 1.79 bits per heavy atom. The van der Waals surface area contributed by atoms with Gasteiger partial charge >= 0.3 is 0 Å². The van der Waals surface area contributed by atoms with Crippen molar-refractivity contribution in [3.8, 4) is 22.4 Å². The van der Waals surface area contributed by atoms with Gasteiger partial charge in [-0.3, -0.25) is 4.79 Å². The van der Waals surface area contributed by atoms with E-state index in [0.29, 0.717) is 6.54 Å². The zero-order valence-corrected chi connectivity index (χ0v) is 13.7. The predicted octanol–water partition coefficient (Wildman–Crippen LogP) is 4.20. The third kappa shape index (κ3) is 2.52. The lowest BCUT2D eigenvalue weighted by molar-refractivity contribution is 0.0946. The van der Waals surface area contributed by atoms with Gasteiger partial charge in [0, 0.05) is 24.4 Å². The molecule has 3 heteroatoms. The Morgan fingerprint density at radius 3 is 2.54 bits per heavy atom. The second-order valence-electron chi connectivity index (χ2n) is 6.17. The van der Waals surface area contributed by atoms with E-state index in [0.717, 1.165) is 35.4 Å². The first-order valence-corrected chi connectivity index (χ1v) is 8.45. The van der Waals surface area contributed by atoms with E-state index in [1.54, 1.807) is 0 Å². The highest BCUT2D eigenvalue weighted by atomic mass is 16.1. The number of aromatic nitrogens is 1. The van der Waals surface area contributed by atoms with Crippen molar-refractivity contribution in [2.45, 2.75) is 19.8 Å². The number of carbonyl (C=O) groups excluding carboxylic acids is 1. The van der Waals surface area contributed by atoms with E-state index in [4.69, 9.17) is 0 Å². The van der Waals surface area contributed by atoms with Crippen LogP contribution in [0.15, 0.2) is 54.6 Å². The summed E-state index contributed by atoms with van der Waals surface area (Å²) in [6, 6.07) is 19.0. The highest BCUT2D eigenvalue weighted by Gasteiger charge is 2.20.